The van der Waals surface area contributed by atoms with E-state index in [-0.39, 0.29) is 0 Å². The molecule has 2 aromatic heterocycles. The summed E-state index contributed by atoms with van der Waals surface area (Å²) in [6, 6.07) is 10.9. The lowest BCUT2D eigenvalue weighted by molar-refractivity contribution is 0.201. The van der Waals surface area contributed by atoms with Gasteiger partial charge in [-0.2, -0.15) is 4.73 Å². The maximum absolute atomic E-state index is 9.86. The summed E-state index contributed by atoms with van der Waals surface area (Å²) >= 11 is 0. The molecule has 74 valence electrons. The fourth-order valence-corrected chi connectivity index (χ4v) is 1.58. The number of hydrogen-bond acceptors (Lipinski definition) is 3. The molecule has 0 saturated carbocycles. The van der Waals surface area contributed by atoms with Crippen molar-refractivity contribution in [2.45, 2.75) is 0 Å². The van der Waals surface area contributed by atoms with Gasteiger partial charge in [0.25, 0.3) is 0 Å². The van der Waals surface area contributed by atoms with E-state index in [0.29, 0.717) is 17.1 Å². The second kappa shape index (κ2) is 2.88. The Balaban J connectivity index is 2.33. The van der Waals surface area contributed by atoms with E-state index >= 15 is 0 Å². The van der Waals surface area contributed by atoms with Gasteiger partial charge in [-0.05, 0) is 24.3 Å². The molecule has 4 nitrogen and oxygen atoms in total. The molecule has 0 unspecified atom stereocenters. The summed E-state index contributed by atoms with van der Waals surface area (Å²) in [6.45, 7) is 0. The molecule has 1 N–H and O–H groups in total. The predicted octanol–water partition coefficient (Wildman–Crippen LogP) is 2.53. The third kappa shape index (κ3) is 1.11. The van der Waals surface area contributed by atoms with E-state index in [0.717, 1.165) is 10.2 Å². The molecule has 0 aliphatic carbocycles. The molecular formula is C11H8N2O2. The second-order valence-corrected chi connectivity index (χ2v) is 3.21. The van der Waals surface area contributed by atoms with Crippen molar-refractivity contribution in [3.8, 4) is 11.6 Å². The number of aromatic nitrogens is 2. The number of rotatable bonds is 1. The van der Waals surface area contributed by atoms with E-state index < -0.39 is 0 Å². The van der Waals surface area contributed by atoms with Gasteiger partial charge in [0.05, 0.1) is 11.8 Å². The van der Waals surface area contributed by atoms with Crippen LogP contribution in [0.5, 0.6) is 0 Å². The fourth-order valence-electron chi connectivity index (χ4n) is 1.58. The van der Waals surface area contributed by atoms with Crippen LogP contribution in [0.15, 0.2) is 47.1 Å². The zero-order valence-electron chi connectivity index (χ0n) is 7.79. The van der Waals surface area contributed by atoms with Gasteiger partial charge in [0.1, 0.15) is 5.52 Å². The molecule has 0 aliphatic heterocycles. The predicted molar refractivity (Wildman–Crippen MR) is 54.6 cm³/mol. The topological polar surface area (TPSA) is 51.2 Å². The molecule has 0 fully saturated rings. The first kappa shape index (κ1) is 8.11. The smallest absolute Gasteiger partial charge is 0.212 e. The molecule has 4 heteroatoms. The highest BCUT2D eigenvalue weighted by molar-refractivity contribution is 5.79. The second-order valence-electron chi connectivity index (χ2n) is 3.21. The standard InChI is InChI=1S/C11H8N2O2/c14-13-9-5-2-1-4-8(9)12-11(13)10-6-3-7-15-10/h1-7,14H. The first-order chi connectivity index (χ1) is 7.36. The molecule has 3 rings (SSSR count). The number of nitrogens with zero attached hydrogens (tertiary/aromatic N) is 2. The molecule has 1 aromatic carbocycles. The van der Waals surface area contributed by atoms with Crippen molar-refractivity contribution < 1.29 is 9.62 Å². The van der Waals surface area contributed by atoms with Crippen LogP contribution >= 0.6 is 0 Å². The van der Waals surface area contributed by atoms with E-state index in [2.05, 4.69) is 4.98 Å². The summed E-state index contributed by atoms with van der Waals surface area (Å²) in [4.78, 5) is 4.27. The van der Waals surface area contributed by atoms with Crippen molar-refractivity contribution in [2.24, 2.45) is 0 Å². The Labute approximate surface area is 85.4 Å². The van der Waals surface area contributed by atoms with Gasteiger partial charge >= 0.3 is 0 Å². The minimum atomic E-state index is 0.418. The first-order valence-corrected chi connectivity index (χ1v) is 4.57. The molecule has 0 saturated heterocycles. The van der Waals surface area contributed by atoms with Crippen LogP contribution in [0.3, 0.4) is 0 Å². The van der Waals surface area contributed by atoms with Gasteiger partial charge in [-0.1, -0.05) is 12.1 Å². The Kier molecular flexibility index (Phi) is 1.56. The molecule has 0 radical (unpaired) electrons. The van der Waals surface area contributed by atoms with E-state index in [1.807, 2.05) is 18.2 Å². The van der Waals surface area contributed by atoms with Crippen molar-refractivity contribution in [2.75, 3.05) is 0 Å². The van der Waals surface area contributed by atoms with Gasteiger partial charge in [-0.25, -0.2) is 4.98 Å². The first-order valence-electron chi connectivity index (χ1n) is 4.57. The number of para-hydroxylation sites is 2. The van der Waals surface area contributed by atoms with Crippen LogP contribution in [0.4, 0.5) is 0 Å². The van der Waals surface area contributed by atoms with E-state index in [1.165, 1.54) is 0 Å². The van der Waals surface area contributed by atoms with E-state index in [1.54, 1.807) is 24.5 Å². The number of furan rings is 1. The van der Waals surface area contributed by atoms with Crippen LogP contribution in [0.1, 0.15) is 0 Å². The average molecular weight is 200 g/mol. The Bertz CT molecular complexity index is 596. The summed E-state index contributed by atoms with van der Waals surface area (Å²) in [7, 11) is 0. The Hall–Kier alpha value is -2.23. The number of benzene rings is 1. The number of hydrogen-bond donors (Lipinski definition) is 1. The summed E-state index contributed by atoms with van der Waals surface area (Å²) in [6.07, 6.45) is 1.55. The quantitative estimate of drug-likeness (QED) is 0.614. The number of fused-ring (bicyclic) bond motifs is 1. The minimum Gasteiger partial charge on any atom is -0.461 e. The highest BCUT2D eigenvalue weighted by Crippen LogP contribution is 2.23. The SMILES string of the molecule is On1c(-c2ccco2)nc2ccccc21. The van der Waals surface area contributed by atoms with Crippen LogP contribution in [-0.2, 0) is 0 Å². The lowest BCUT2D eigenvalue weighted by Gasteiger charge is -1.95. The third-order valence-corrected chi connectivity index (χ3v) is 2.28. The van der Waals surface area contributed by atoms with Gasteiger partial charge in [-0.3, -0.25) is 0 Å². The Morgan fingerprint density at radius 1 is 1.13 bits per heavy atom. The lowest BCUT2D eigenvalue weighted by atomic mass is 10.3. The van der Waals surface area contributed by atoms with E-state index in [4.69, 9.17) is 4.42 Å². The fraction of sp³-hybridized carbons (Fsp3) is 0. The molecule has 0 bridgehead atoms. The normalized spacial score (nSPS) is 10.9. The molecule has 2 heterocycles. The Morgan fingerprint density at radius 3 is 2.73 bits per heavy atom. The van der Waals surface area contributed by atoms with Gasteiger partial charge in [-0.15, -0.1) is 0 Å². The zero-order chi connectivity index (χ0) is 10.3. The van der Waals surface area contributed by atoms with Gasteiger partial charge in [0.15, 0.2) is 5.76 Å². The largest absolute Gasteiger partial charge is 0.461 e. The average Bonchev–Trinajstić information content (AvgIpc) is 2.87. The molecule has 15 heavy (non-hydrogen) atoms. The van der Waals surface area contributed by atoms with Crippen LogP contribution in [0.25, 0.3) is 22.6 Å². The molecule has 3 aromatic rings. The minimum absolute atomic E-state index is 0.418. The van der Waals surface area contributed by atoms with Gasteiger partial charge < -0.3 is 9.62 Å². The van der Waals surface area contributed by atoms with Crippen LogP contribution in [0.2, 0.25) is 0 Å². The van der Waals surface area contributed by atoms with Crippen molar-refractivity contribution >= 4 is 11.0 Å². The molecule has 0 amide bonds. The van der Waals surface area contributed by atoms with Crippen molar-refractivity contribution in [3.63, 3.8) is 0 Å². The van der Waals surface area contributed by atoms with Crippen LogP contribution in [-0.4, -0.2) is 14.9 Å². The van der Waals surface area contributed by atoms with E-state index in [9.17, 15) is 5.21 Å². The summed E-state index contributed by atoms with van der Waals surface area (Å²) in [5.74, 6) is 0.968. The summed E-state index contributed by atoms with van der Waals surface area (Å²) in [5.41, 5.74) is 1.41. The maximum atomic E-state index is 9.86. The zero-order valence-corrected chi connectivity index (χ0v) is 7.79. The number of imidazole rings is 1. The third-order valence-electron chi connectivity index (χ3n) is 2.28. The van der Waals surface area contributed by atoms with Crippen molar-refractivity contribution in [1.29, 1.82) is 0 Å². The van der Waals surface area contributed by atoms with Crippen molar-refractivity contribution in [3.05, 3.63) is 42.7 Å². The molecular weight excluding hydrogens is 192 g/mol. The molecule has 0 spiro atoms. The summed E-state index contributed by atoms with van der Waals surface area (Å²) < 4.78 is 6.22. The van der Waals surface area contributed by atoms with Gasteiger partial charge in [0.2, 0.25) is 5.82 Å². The van der Waals surface area contributed by atoms with Crippen LogP contribution in [0, 0.1) is 0 Å². The Morgan fingerprint density at radius 2 is 2.00 bits per heavy atom. The monoisotopic (exact) mass is 200 g/mol. The lowest BCUT2D eigenvalue weighted by Crippen LogP contribution is -1.92. The summed E-state index contributed by atoms with van der Waals surface area (Å²) in [5, 5.41) is 9.86. The molecule has 0 aliphatic rings. The van der Waals surface area contributed by atoms with Crippen LogP contribution < -0.4 is 0 Å². The maximum Gasteiger partial charge on any atom is 0.212 e. The highest BCUT2D eigenvalue weighted by atomic mass is 16.5. The highest BCUT2D eigenvalue weighted by Gasteiger charge is 2.12. The van der Waals surface area contributed by atoms with Crippen molar-refractivity contribution in [1.82, 2.24) is 9.71 Å². The molecule has 0 atom stereocenters. The van der Waals surface area contributed by atoms with Gasteiger partial charge in [0, 0.05) is 0 Å².